The lowest BCUT2D eigenvalue weighted by atomic mass is 9.75. The molecule has 1 aromatic carbocycles. The van der Waals surface area contributed by atoms with E-state index in [2.05, 4.69) is 55.0 Å². The third kappa shape index (κ3) is 5.57. The maximum atomic E-state index is 13.2. The third-order valence-corrected chi connectivity index (χ3v) is 9.65. The maximum absolute atomic E-state index is 13.2. The number of carbonyl (C=O) groups is 2. The average molecular weight is 559 g/mol. The van der Waals surface area contributed by atoms with Gasteiger partial charge in [-0.1, -0.05) is 32.0 Å². The van der Waals surface area contributed by atoms with Crippen molar-refractivity contribution in [2.45, 2.75) is 33.1 Å². The van der Waals surface area contributed by atoms with Crippen LogP contribution in [0.25, 0.3) is 22.4 Å². The SMILES string of the molecule is CN1CCN(C(=O)Cc2cccc(-c3cc(-c4c(N5CCOCC5)sc5c4CC(C)(C)CC5=O)ccn3)c2)CC1. The Hall–Kier alpha value is -3.07. The van der Waals surface area contributed by atoms with Crippen LogP contribution in [0.2, 0.25) is 0 Å². The fraction of sp³-hybridized carbons (Fsp3) is 0.469. The summed E-state index contributed by atoms with van der Waals surface area (Å²) in [5.41, 5.74) is 6.25. The molecule has 2 fully saturated rings. The van der Waals surface area contributed by atoms with Gasteiger partial charge < -0.3 is 19.4 Å². The fourth-order valence-electron chi connectivity index (χ4n) is 6.12. The molecule has 0 spiro atoms. The van der Waals surface area contributed by atoms with E-state index in [1.54, 1.807) is 11.3 Å². The summed E-state index contributed by atoms with van der Waals surface area (Å²) in [6, 6.07) is 12.4. The highest BCUT2D eigenvalue weighted by Crippen LogP contribution is 2.49. The van der Waals surface area contributed by atoms with Gasteiger partial charge in [0, 0.05) is 63.0 Å². The van der Waals surface area contributed by atoms with Gasteiger partial charge in [-0.15, -0.1) is 11.3 Å². The second-order valence-corrected chi connectivity index (χ2v) is 13.1. The maximum Gasteiger partial charge on any atom is 0.227 e. The standard InChI is InChI=1S/C32H38N4O3S/c1-32(2)20-25-29(31(36-13-15-39-16-14-36)40-30(25)27(37)21-32)24-7-8-33-26(19-24)23-6-4-5-22(17-23)18-28(38)35-11-9-34(3)10-12-35/h4-8,17,19H,9-16,18,20-21H2,1-3H3. The number of benzene rings is 1. The van der Waals surface area contributed by atoms with Gasteiger partial charge in [0.2, 0.25) is 5.91 Å². The van der Waals surface area contributed by atoms with E-state index in [1.807, 2.05) is 23.2 Å². The van der Waals surface area contributed by atoms with Crippen molar-refractivity contribution in [3.63, 3.8) is 0 Å². The molecule has 8 heteroatoms. The highest BCUT2D eigenvalue weighted by molar-refractivity contribution is 7.19. The van der Waals surface area contributed by atoms with Gasteiger partial charge >= 0.3 is 0 Å². The number of ketones is 1. The van der Waals surface area contributed by atoms with Gasteiger partial charge in [-0.2, -0.15) is 0 Å². The molecule has 1 aliphatic carbocycles. The Morgan fingerprint density at radius 2 is 1.77 bits per heavy atom. The zero-order chi connectivity index (χ0) is 27.9. The molecule has 4 heterocycles. The molecule has 2 aromatic heterocycles. The predicted octanol–water partition coefficient (Wildman–Crippen LogP) is 4.79. The van der Waals surface area contributed by atoms with Crippen LogP contribution in [-0.4, -0.2) is 86.0 Å². The van der Waals surface area contributed by atoms with Crippen LogP contribution in [0.15, 0.2) is 42.6 Å². The first-order chi connectivity index (χ1) is 19.3. The minimum absolute atomic E-state index is 0.0668. The van der Waals surface area contributed by atoms with Crippen molar-refractivity contribution < 1.29 is 14.3 Å². The van der Waals surface area contributed by atoms with Crippen molar-refractivity contribution in [3.8, 4) is 22.4 Å². The van der Waals surface area contributed by atoms with E-state index in [-0.39, 0.29) is 17.1 Å². The Balaban J connectivity index is 1.33. The van der Waals surface area contributed by atoms with Gasteiger partial charge in [-0.25, -0.2) is 0 Å². The van der Waals surface area contributed by atoms with Gasteiger partial charge in [-0.05, 0) is 53.8 Å². The van der Waals surface area contributed by atoms with Crippen LogP contribution in [0.4, 0.5) is 5.00 Å². The van der Waals surface area contributed by atoms with Crippen molar-refractivity contribution in [3.05, 3.63) is 58.6 Å². The van der Waals surface area contributed by atoms with Crippen molar-refractivity contribution in [1.29, 1.82) is 0 Å². The zero-order valence-electron chi connectivity index (χ0n) is 23.7. The molecule has 0 unspecified atom stereocenters. The Morgan fingerprint density at radius 3 is 2.55 bits per heavy atom. The van der Waals surface area contributed by atoms with Crippen LogP contribution >= 0.6 is 11.3 Å². The van der Waals surface area contributed by atoms with Crippen molar-refractivity contribution in [2.24, 2.45) is 5.41 Å². The topological polar surface area (TPSA) is 66.0 Å². The van der Waals surface area contributed by atoms with E-state index in [9.17, 15) is 9.59 Å². The first-order valence-corrected chi connectivity index (χ1v) is 15.1. The first-order valence-electron chi connectivity index (χ1n) is 14.3. The quantitative estimate of drug-likeness (QED) is 0.449. The summed E-state index contributed by atoms with van der Waals surface area (Å²) in [6.45, 7) is 10.8. The molecule has 0 atom stereocenters. The lowest BCUT2D eigenvalue weighted by Gasteiger charge is -2.32. The van der Waals surface area contributed by atoms with Crippen LogP contribution < -0.4 is 4.90 Å². The highest BCUT2D eigenvalue weighted by atomic mass is 32.1. The number of Topliss-reactive ketones (excluding diaryl/α,β-unsaturated/α-hetero) is 1. The Kier molecular flexibility index (Phi) is 7.50. The number of carbonyl (C=O) groups excluding carboxylic acids is 2. The summed E-state index contributed by atoms with van der Waals surface area (Å²) < 4.78 is 5.64. The predicted molar refractivity (Wildman–Crippen MR) is 160 cm³/mol. The molecule has 0 N–H and O–H groups in total. The number of pyridine rings is 1. The minimum atomic E-state index is -0.0668. The highest BCUT2D eigenvalue weighted by Gasteiger charge is 2.37. The number of piperazine rings is 1. The van der Waals surface area contributed by atoms with Gasteiger partial charge in [0.25, 0.3) is 0 Å². The molecule has 2 aliphatic heterocycles. The number of ether oxygens (including phenoxy) is 1. The molecule has 1 amide bonds. The first kappa shape index (κ1) is 27.1. The number of thiophene rings is 1. The Labute approximate surface area is 240 Å². The van der Waals surface area contributed by atoms with E-state index in [0.717, 1.165) is 73.0 Å². The molecule has 2 saturated heterocycles. The average Bonchev–Trinajstić information content (AvgIpc) is 3.33. The number of hydrogen-bond acceptors (Lipinski definition) is 7. The van der Waals surface area contributed by atoms with Crippen molar-refractivity contribution >= 4 is 28.0 Å². The molecule has 3 aliphatic rings. The van der Waals surface area contributed by atoms with Crippen molar-refractivity contribution in [2.75, 3.05) is 64.4 Å². The minimum Gasteiger partial charge on any atom is -0.378 e. The van der Waals surface area contributed by atoms with Crippen LogP contribution in [0.1, 0.15) is 41.1 Å². The van der Waals surface area contributed by atoms with E-state index >= 15 is 0 Å². The second-order valence-electron chi connectivity index (χ2n) is 12.1. The normalized spacial score (nSPS) is 19.5. The van der Waals surface area contributed by atoms with Gasteiger partial charge in [0.15, 0.2) is 5.78 Å². The molecule has 7 nitrogen and oxygen atoms in total. The molecule has 3 aromatic rings. The summed E-state index contributed by atoms with van der Waals surface area (Å²) in [7, 11) is 2.10. The molecule has 0 saturated carbocycles. The molecule has 0 radical (unpaired) electrons. The van der Waals surface area contributed by atoms with Gasteiger partial charge in [-0.3, -0.25) is 14.6 Å². The molecule has 0 bridgehead atoms. The summed E-state index contributed by atoms with van der Waals surface area (Å²) in [5.74, 6) is 0.434. The molecule has 210 valence electrons. The number of morpholine rings is 1. The number of amides is 1. The molecular weight excluding hydrogens is 520 g/mol. The van der Waals surface area contributed by atoms with Gasteiger partial charge in [0.1, 0.15) is 0 Å². The number of anilines is 1. The largest absolute Gasteiger partial charge is 0.378 e. The van der Waals surface area contributed by atoms with Crippen LogP contribution in [-0.2, 0) is 22.4 Å². The van der Waals surface area contributed by atoms with E-state index < -0.39 is 0 Å². The number of likely N-dealkylation sites (N-methyl/N-ethyl adjacent to an activating group) is 1. The number of fused-ring (bicyclic) bond motifs is 1. The fourth-order valence-corrected chi connectivity index (χ4v) is 7.45. The van der Waals surface area contributed by atoms with Crippen LogP contribution in [0.3, 0.4) is 0 Å². The van der Waals surface area contributed by atoms with E-state index in [0.29, 0.717) is 26.1 Å². The zero-order valence-corrected chi connectivity index (χ0v) is 24.6. The number of rotatable bonds is 5. The molecular formula is C32H38N4O3S. The lowest BCUT2D eigenvalue weighted by Crippen LogP contribution is -2.47. The van der Waals surface area contributed by atoms with Crippen LogP contribution in [0, 0.1) is 5.41 Å². The third-order valence-electron chi connectivity index (χ3n) is 8.32. The van der Waals surface area contributed by atoms with Gasteiger partial charge in [0.05, 0.1) is 35.2 Å². The van der Waals surface area contributed by atoms with Crippen molar-refractivity contribution in [1.82, 2.24) is 14.8 Å². The van der Waals surface area contributed by atoms with E-state index in [4.69, 9.17) is 9.72 Å². The molecule has 40 heavy (non-hydrogen) atoms. The summed E-state index contributed by atoms with van der Waals surface area (Å²) >= 11 is 1.65. The number of nitrogens with zero attached hydrogens (tertiary/aromatic N) is 4. The number of hydrogen-bond donors (Lipinski definition) is 0. The summed E-state index contributed by atoms with van der Waals surface area (Å²) in [4.78, 5) is 38.5. The van der Waals surface area contributed by atoms with E-state index in [1.165, 1.54) is 16.1 Å². The number of aromatic nitrogens is 1. The Morgan fingerprint density at radius 1 is 1.00 bits per heavy atom. The lowest BCUT2D eigenvalue weighted by molar-refractivity contribution is -0.132. The van der Waals surface area contributed by atoms with Crippen LogP contribution in [0.5, 0.6) is 0 Å². The summed E-state index contributed by atoms with van der Waals surface area (Å²) in [6.07, 6.45) is 3.73. The summed E-state index contributed by atoms with van der Waals surface area (Å²) in [5, 5.41) is 1.17. The molecule has 6 rings (SSSR count). The second kappa shape index (κ2) is 11.1. The Bertz CT molecular complexity index is 1420. The smallest absolute Gasteiger partial charge is 0.227 e. The monoisotopic (exact) mass is 558 g/mol.